The van der Waals surface area contributed by atoms with E-state index in [0.717, 1.165) is 5.56 Å². The van der Waals surface area contributed by atoms with Crippen molar-refractivity contribution >= 4 is 29.8 Å². The molecule has 4 amide bonds. The smallest absolute Gasteiger partial charge is 0.408 e. The van der Waals surface area contributed by atoms with E-state index >= 15 is 0 Å². The van der Waals surface area contributed by atoms with Crippen molar-refractivity contribution in [1.82, 2.24) is 20.9 Å². The zero-order valence-corrected chi connectivity index (χ0v) is 19.6. The van der Waals surface area contributed by atoms with Gasteiger partial charge in [0.05, 0.1) is 6.54 Å². The van der Waals surface area contributed by atoms with Gasteiger partial charge in [-0.2, -0.15) is 0 Å². The number of likely N-dealkylation sites (tertiary alicyclic amines) is 1. The van der Waals surface area contributed by atoms with Crippen molar-refractivity contribution in [2.24, 2.45) is 0 Å². The molecule has 1 aliphatic rings. The Kier molecular flexibility index (Phi) is 9.40. The minimum atomic E-state index is -1.08. The first-order chi connectivity index (χ1) is 16.0. The van der Waals surface area contributed by atoms with E-state index in [2.05, 4.69) is 16.0 Å². The van der Waals surface area contributed by atoms with Gasteiger partial charge in [0.15, 0.2) is 0 Å². The van der Waals surface area contributed by atoms with E-state index in [1.54, 1.807) is 45.0 Å². The molecule has 186 valence electrons. The molecule has 11 heteroatoms. The second-order valence-corrected chi connectivity index (χ2v) is 8.97. The van der Waals surface area contributed by atoms with Crippen LogP contribution in [0.5, 0.6) is 0 Å². The summed E-state index contributed by atoms with van der Waals surface area (Å²) in [6.45, 7) is 4.54. The summed E-state index contributed by atoms with van der Waals surface area (Å²) in [6, 6.07) is 7.09. The Hall–Kier alpha value is -3.63. The maximum atomic E-state index is 13.1. The number of carbonyl (C=O) groups is 5. The van der Waals surface area contributed by atoms with Gasteiger partial charge >= 0.3 is 12.1 Å². The zero-order valence-electron chi connectivity index (χ0n) is 19.6. The molecule has 1 heterocycles. The molecule has 11 nitrogen and oxygen atoms in total. The first-order valence-electron chi connectivity index (χ1n) is 11.1. The largest absolute Gasteiger partial charge is 0.480 e. The number of amides is 4. The van der Waals surface area contributed by atoms with E-state index in [0.29, 0.717) is 19.4 Å². The quantitative estimate of drug-likeness (QED) is 0.403. The van der Waals surface area contributed by atoms with Crippen LogP contribution in [0, 0.1) is 0 Å². The normalized spacial score (nSPS) is 16.3. The Labute approximate surface area is 198 Å². The predicted molar refractivity (Wildman–Crippen MR) is 122 cm³/mol. The minimum Gasteiger partial charge on any atom is -0.480 e. The molecule has 1 aromatic rings. The average Bonchev–Trinajstić information content (AvgIpc) is 3.25. The highest BCUT2D eigenvalue weighted by molar-refractivity contribution is 5.93. The summed E-state index contributed by atoms with van der Waals surface area (Å²) in [4.78, 5) is 62.0. The number of benzene rings is 1. The summed E-state index contributed by atoms with van der Waals surface area (Å²) in [7, 11) is 0. The fourth-order valence-corrected chi connectivity index (χ4v) is 3.49. The van der Waals surface area contributed by atoms with Crippen LogP contribution in [0.15, 0.2) is 30.3 Å². The van der Waals surface area contributed by atoms with Crippen LogP contribution in [-0.4, -0.2) is 77.1 Å². The Bertz CT molecular complexity index is 898. The number of carbonyl (C=O) groups excluding carboxylic acids is 4. The van der Waals surface area contributed by atoms with Crippen molar-refractivity contribution < 1.29 is 33.8 Å². The molecule has 2 rings (SSSR count). The summed E-state index contributed by atoms with van der Waals surface area (Å²) < 4.78 is 5.03. The molecule has 0 aromatic heterocycles. The van der Waals surface area contributed by atoms with Crippen LogP contribution in [0.4, 0.5) is 4.79 Å². The fourth-order valence-electron chi connectivity index (χ4n) is 3.49. The topological polar surface area (TPSA) is 154 Å². The molecular weight excluding hydrogens is 444 g/mol. The third-order valence-electron chi connectivity index (χ3n) is 4.98. The molecule has 0 radical (unpaired) electrons. The van der Waals surface area contributed by atoms with E-state index in [-0.39, 0.29) is 13.0 Å². The number of hydrogen-bond acceptors (Lipinski definition) is 6. The Morgan fingerprint density at radius 3 is 2.32 bits per heavy atom. The summed E-state index contributed by atoms with van der Waals surface area (Å²) in [5.41, 5.74) is 0.0771. The Morgan fingerprint density at radius 1 is 1.06 bits per heavy atom. The summed E-state index contributed by atoms with van der Waals surface area (Å²) in [5.74, 6) is -2.80. The van der Waals surface area contributed by atoms with Gasteiger partial charge in [0, 0.05) is 13.0 Å². The van der Waals surface area contributed by atoms with Gasteiger partial charge in [0.1, 0.15) is 24.2 Å². The molecule has 1 fully saturated rings. The molecule has 0 spiro atoms. The van der Waals surface area contributed by atoms with Crippen molar-refractivity contribution in [2.75, 3.05) is 19.6 Å². The number of rotatable bonds is 9. The minimum absolute atomic E-state index is 0.169. The highest BCUT2D eigenvalue weighted by atomic mass is 16.6. The lowest BCUT2D eigenvalue weighted by atomic mass is 10.0. The number of aliphatic carboxylic acids is 1. The summed E-state index contributed by atoms with van der Waals surface area (Å²) in [5, 5.41) is 16.7. The monoisotopic (exact) mass is 476 g/mol. The van der Waals surface area contributed by atoms with Gasteiger partial charge in [0.2, 0.25) is 17.7 Å². The Balaban J connectivity index is 1.94. The van der Waals surface area contributed by atoms with Crippen molar-refractivity contribution in [1.29, 1.82) is 0 Å². The average molecular weight is 477 g/mol. The maximum absolute atomic E-state index is 13.1. The van der Waals surface area contributed by atoms with E-state index in [4.69, 9.17) is 4.74 Å². The molecular formula is C23H32N4O7. The lowest BCUT2D eigenvalue weighted by molar-refractivity contribution is -0.149. The van der Waals surface area contributed by atoms with E-state index in [1.807, 2.05) is 6.07 Å². The van der Waals surface area contributed by atoms with Gasteiger partial charge in [-0.15, -0.1) is 0 Å². The van der Waals surface area contributed by atoms with Crippen molar-refractivity contribution in [3.8, 4) is 0 Å². The van der Waals surface area contributed by atoms with Crippen LogP contribution < -0.4 is 16.0 Å². The third kappa shape index (κ3) is 8.72. The SMILES string of the molecule is CC(C)(C)OC(=O)NCC(=O)NCC(=O)N[C@@H](Cc1ccccc1)C(=O)N1CCC[C@H]1C(=O)O. The number of carboxylic acids is 1. The molecule has 1 saturated heterocycles. The van der Waals surface area contributed by atoms with Crippen LogP contribution in [0.3, 0.4) is 0 Å². The van der Waals surface area contributed by atoms with Gasteiger partial charge in [0.25, 0.3) is 0 Å². The Morgan fingerprint density at radius 2 is 1.71 bits per heavy atom. The van der Waals surface area contributed by atoms with Gasteiger partial charge in [-0.1, -0.05) is 30.3 Å². The highest BCUT2D eigenvalue weighted by Crippen LogP contribution is 2.19. The highest BCUT2D eigenvalue weighted by Gasteiger charge is 2.37. The van der Waals surface area contributed by atoms with E-state index in [9.17, 15) is 29.1 Å². The van der Waals surface area contributed by atoms with Crippen LogP contribution in [-0.2, 0) is 30.3 Å². The van der Waals surface area contributed by atoms with Crippen molar-refractivity contribution in [3.05, 3.63) is 35.9 Å². The number of nitrogens with one attached hydrogen (secondary N) is 3. The second-order valence-electron chi connectivity index (χ2n) is 8.97. The van der Waals surface area contributed by atoms with Gasteiger partial charge in [-0.3, -0.25) is 14.4 Å². The molecule has 0 saturated carbocycles. The van der Waals surface area contributed by atoms with Crippen molar-refractivity contribution in [3.63, 3.8) is 0 Å². The van der Waals surface area contributed by atoms with Crippen LogP contribution in [0.25, 0.3) is 0 Å². The summed E-state index contributed by atoms with van der Waals surface area (Å²) >= 11 is 0. The third-order valence-corrected chi connectivity index (χ3v) is 4.98. The fraction of sp³-hybridized carbons (Fsp3) is 0.522. The lowest BCUT2D eigenvalue weighted by Crippen LogP contribution is -2.54. The number of carboxylic acid groups (broad SMARTS) is 1. The predicted octanol–water partition coefficient (Wildman–Crippen LogP) is 0.430. The number of alkyl carbamates (subject to hydrolysis) is 1. The molecule has 1 aromatic carbocycles. The van der Waals surface area contributed by atoms with Crippen LogP contribution in [0.1, 0.15) is 39.2 Å². The zero-order chi connectivity index (χ0) is 25.3. The maximum Gasteiger partial charge on any atom is 0.408 e. The second kappa shape index (κ2) is 12.0. The molecule has 34 heavy (non-hydrogen) atoms. The summed E-state index contributed by atoms with van der Waals surface area (Å²) in [6.07, 6.45) is 0.324. The molecule has 2 atom stereocenters. The molecule has 0 bridgehead atoms. The lowest BCUT2D eigenvalue weighted by Gasteiger charge is -2.27. The van der Waals surface area contributed by atoms with Crippen molar-refractivity contribution in [2.45, 2.75) is 57.7 Å². The van der Waals surface area contributed by atoms with Gasteiger partial charge in [-0.05, 0) is 39.2 Å². The van der Waals surface area contributed by atoms with E-state index < -0.39 is 54.0 Å². The van der Waals surface area contributed by atoms with Crippen LogP contribution >= 0.6 is 0 Å². The standard InChI is InChI=1S/C23H32N4O7/c1-23(2,3)34-22(33)25-13-18(28)24-14-19(29)26-16(12-15-8-5-4-6-9-15)20(30)27-11-7-10-17(27)21(31)32/h4-6,8-9,16-17H,7,10-14H2,1-3H3,(H,24,28)(H,25,33)(H,26,29)(H,31,32)/t16-,17-/m0/s1. The first-order valence-corrected chi connectivity index (χ1v) is 11.1. The number of ether oxygens (including phenoxy) is 1. The molecule has 0 unspecified atom stereocenters. The molecule has 1 aliphatic heterocycles. The first kappa shape index (κ1) is 26.6. The molecule has 0 aliphatic carbocycles. The molecule has 4 N–H and O–H groups in total. The van der Waals surface area contributed by atoms with Crippen LogP contribution in [0.2, 0.25) is 0 Å². The number of nitrogens with zero attached hydrogens (tertiary/aromatic N) is 1. The van der Waals surface area contributed by atoms with Gasteiger partial charge in [-0.25, -0.2) is 9.59 Å². The van der Waals surface area contributed by atoms with E-state index in [1.165, 1.54) is 4.90 Å². The number of hydrogen-bond donors (Lipinski definition) is 4. The van der Waals surface area contributed by atoms with Gasteiger partial charge < -0.3 is 30.7 Å².